The molecule has 0 amide bonds. The summed E-state index contributed by atoms with van der Waals surface area (Å²) in [5, 5.41) is 10.7. The van der Waals surface area contributed by atoms with Gasteiger partial charge in [0, 0.05) is 23.1 Å². The Morgan fingerprint density at radius 2 is 1.65 bits per heavy atom. The highest BCUT2D eigenvalue weighted by atomic mass is 19.4. The van der Waals surface area contributed by atoms with Crippen molar-refractivity contribution in [3.63, 3.8) is 0 Å². The Kier molecular flexibility index (Phi) is 3.29. The van der Waals surface area contributed by atoms with Crippen LogP contribution in [0.1, 0.15) is 17.0 Å². The second-order valence-corrected chi connectivity index (χ2v) is 4.41. The van der Waals surface area contributed by atoms with Gasteiger partial charge in [-0.3, -0.25) is 10.1 Å². The highest BCUT2D eigenvalue weighted by Crippen LogP contribution is 2.37. The van der Waals surface area contributed by atoms with Crippen molar-refractivity contribution in [1.82, 2.24) is 4.57 Å². The molecule has 0 atom stereocenters. The molecule has 0 fully saturated rings. The fourth-order valence-corrected chi connectivity index (χ4v) is 2.13. The normalized spacial score (nSPS) is 11.7. The molecule has 7 heteroatoms. The lowest BCUT2D eigenvalue weighted by atomic mass is 10.1. The average Bonchev–Trinajstić information content (AvgIpc) is 2.67. The molecule has 0 bridgehead atoms. The molecule has 0 spiro atoms. The van der Waals surface area contributed by atoms with E-state index in [0.29, 0.717) is 0 Å². The number of nitrogens with zero attached hydrogens (tertiary/aromatic N) is 2. The van der Waals surface area contributed by atoms with Crippen LogP contribution in [0.2, 0.25) is 0 Å². The summed E-state index contributed by atoms with van der Waals surface area (Å²) in [7, 11) is 0. The first kappa shape index (κ1) is 14.1. The van der Waals surface area contributed by atoms with Crippen LogP contribution in [0.15, 0.2) is 30.3 Å². The smallest absolute Gasteiger partial charge is 0.318 e. The summed E-state index contributed by atoms with van der Waals surface area (Å²) in [5.74, 6) is 0. The predicted octanol–water partition coefficient (Wildman–Crippen LogP) is 4.02. The zero-order valence-corrected chi connectivity index (χ0v) is 10.7. The van der Waals surface area contributed by atoms with Crippen LogP contribution < -0.4 is 0 Å². The number of alkyl halides is 3. The first-order chi connectivity index (χ1) is 9.21. The molecule has 1 heterocycles. The van der Waals surface area contributed by atoms with Gasteiger partial charge in [-0.15, -0.1) is 0 Å². The molecule has 0 aliphatic heterocycles. The Labute approximate surface area is 112 Å². The third kappa shape index (κ3) is 2.38. The third-order valence-electron chi connectivity index (χ3n) is 3.01. The van der Waals surface area contributed by atoms with Crippen LogP contribution >= 0.6 is 0 Å². The Bertz CT molecular complexity index is 655. The van der Waals surface area contributed by atoms with Gasteiger partial charge in [-0.2, -0.15) is 13.2 Å². The third-order valence-corrected chi connectivity index (χ3v) is 3.01. The van der Waals surface area contributed by atoms with Gasteiger partial charge in [-0.25, -0.2) is 0 Å². The summed E-state index contributed by atoms with van der Waals surface area (Å²) in [5.41, 5.74) is -0.423. The van der Waals surface area contributed by atoms with E-state index in [9.17, 15) is 23.3 Å². The number of hydrogen-bond acceptors (Lipinski definition) is 2. The predicted molar refractivity (Wildman–Crippen MR) is 66.9 cm³/mol. The van der Waals surface area contributed by atoms with E-state index in [1.807, 2.05) is 0 Å². The van der Waals surface area contributed by atoms with Crippen molar-refractivity contribution in [1.29, 1.82) is 0 Å². The van der Waals surface area contributed by atoms with E-state index < -0.39 is 22.4 Å². The number of rotatable bonds is 2. The van der Waals surface area contributed by atoms with E-state index in [1.165, 1.54) is 6.07 Å². The largest absolute Gasteiger partial charge is 0.423 e. The number of aromatic nitrogens is 1. The van der Waals surface area contributed by atoms with Gasteiger partial charge in [0.1, 0.15) is 5.56 Å². The van der Waals surface area contributed by atoms with E-state index in [4.69, 9.17) is 0 Å². The molecule has 0 saturated carbocycles. The molecule has 1 aromatic heterocycles. The van der Waals surface area contributed by atoms with E-state index in [0.717, 1.165) is 23.5 Å². The van der Waals surface area contributed by atoms with Crippen LogP contribution in [0.4, 0.5) is 18.9 Å². The fraction of sp³-hybridized carbons (Fsp3) is 0.231. The Morgan fingerprint density at radius 3 is 2.10 bits per heavy atom. The van der Waals surface area contributed by atoms with E-state index >= 15 is 0 Å². The topological polar surface area (TPSA) is 48.1 Å². The lowest BCUT2D eigenvalue weighted by Gasteiger charge is -2.13. The second-order valence-electron chi connectivity index (χ2n) is 4.41. The maximum absolute atomic E-state index is 12.9. The number of halogens is 3. The van der Waals surface area contributed by atoms with Gasteiger partial charge in [0.05, 0.1) is 4.92 Å². The summed E-state index contributed by atoms with van der Waals surface area (Å²) < 4.78 is 40.4. The van der Waals surface area contributed by atoms with Gasteiger partial charge in [0.2, 0.25) is 0 Å². The van der Waals surface area contributed by atoms with Crippen molar-refractivity contribution < 1.29 is 18.1 Å². The van der Waals surface area contributed by atoms with Gasteiger partial charge in [-0.1, -0.05) is 0 Å². The molecular formula is C13H11F3N2O2. The minimum absolute atomic E-state index is 0.253. The van der Waals surface area contributed by atoms with Crippen molar-refractivity contribution in [2.75, 3.05) is 0 Å². The molecule has 4 nitrogen and oxygen atoms in total. The minimum Gasteiger partial charge on any atom is -0.318 e. The molecular weight excluding hydrogens is 273 g/mol. The van der Waals surface area contributed by atoms with Crippen molar-refractivity contribution in [3.8, 4) is 5.69 Å². The molecule has 0 unspecified atom stereocenters. The standard InChI is InChI=1S/C13H11F3N2O2/c1-8-3-4-9(2)17(8)10-5-6-12(18(19)20)11(7-10)13(14,15)16/h3-7H,1-2H3. The quantitative estimate of drug-likeness (QED) is 0.617. The highest BCUT2D eigenvalue weighted by molar-refractivity contribution is 5.51. The van der Waals surface area contributed by atoms with Crippen LogP contribution in [0.5, 0.6) is 0 Å². The lowest BCUT2D eigenvalue weighted by molar-refractivity contribution is -0.388. The molecule has 0 aliphatic rings. The van der Waals surface area contributed by atoms with Gasteiger partial charge in [-0.05, 0) is 38.1 Å². The maximum Gasteiger partial charge on any atom is 0.423 e. The molecule has 0 aliphatic carbocycles. The highest BCUT2D eigenvalue weighted by Gasteiger charge is 2.38. The van der Waals surface area contributed by atoms with Crippen molar-refractivity contribution in [2.45, 2.75) is 20.0 Å². The summed E-state index contributed by atoms with van der Waals surface area (Å²) >= 11 is 0. The fourth-order valence-electron chi connectivity index (χ4n) is 2.13. The van der Waals surface area contributed by atoms with E-state index in [1.54, 1.807) is 30.5 Å². The Hall–Kier alpha value is -2.31. The van der Waals surface area contributed by atoms with Crippen LogP contribution in [-0.2, 0) is 6.18 Å². The summed E-state index contributed by atoms with van der Waals surface area (Å²) in [6.45, 7) is 3.50. The summed E-state index contributed by atoms with van der Waals surface area (Å²) in [6, 6.07) is 6.54. The molecule has 0 radical (unpaired) electrons. The molecule has 0 N–H and O–H groups in total. The van der Waals surface area contributed by atoms with Crippen molar-refractivity contribution in [3.05, 3.63) is 57.4 Å². The lowest BCUT2D eigenvalue weighted by Crippen LogP contribution is -2.10. The number of nitro groups is 1. The maximum atomic E-state index is 12.9. The zero-order valence-electron chi connectivity index (χ0n) is 10.7. The monoisotopic (exact) mass is 284 g/mol. The van der Waals surface area contributed by atoms with Crippen molar-refractivity contribution >= 4 is 5.69 Å². The second kappa shape index (κ2) is 4.66. The molecule has 1 aromatic carbocycles. The molecule has 106 valence electrons. The van der Waals surface area contributed by atoms with Crippen LogP contribution in [0.3, 0.4) is 0 Å². The molecule has 20 heavy (non-hydrogen) atoms. The van der Waals surface area contributed by atoms with Gasteiger partial charge in [0.15, 0.2) is 0 Å². The average molecular weight is 284 g/mol. The van der Waals surface area contributed by atoms with Crippen LogP contribution in [0, 0.1) is 24.0 Å². The SMILES string of the molecule is Cc1ccc(C)n1-c1ccc([N+](=O)[O-])c(C(F)(F)F)c1. The number of benzene rings is 1. The van der Waals surface area contributed by atoms with E-state index in [2.05, 4.69) is 0 Å². The zero-order chi connectivity index (χ0) is 15.1. The Balaban J connectivity index is 2.68. The minimum atomic E-state index is -4.77. The summed E-state index contributed by atoms with van der Waals surface area (Å²) in [6.07, 6.45) is -4.77. The first-order valence-corrected chi connectivity index (χ1v) is 5.73. The first-order valence-electron chi connectivity index (χ1n) is 5.73. The Morgan fingerprint density at radius 1 is 1.10 bits per heavy atom. The summed E-state index contributed by atoms with van der Waals surface area (Å²) in [4.78, 5) is 9.67. The van der Waals surface area contributed by atoms with Gasteiger partial charge < -0.3 is 4.57 Å². The number of hydrogen-bond donors (Lipinski definition) is 0. The molecule has 2 rings (SSSR count). The van der Waals surface area contributed by atoms with Gasteiger partial charge in [0.25, 0.3) is 5.69 Å². The number of aryl methyl sites for hydroxylation is 2. The number of nitro benzene ring substituents is 1. The van der Waals surface area contributed by atoms with Gasteiger partial charge >= 0.3 is 6.18 Å². The molecule has 0 saturated heterocycles. The molecule has 2 aromatic rings. The van der Waals surface area contributed by atoms with Crippen LogP contribution in [-0.4, -0.2) is 9.49 Å². The van der Waals surface area contributed by atoms with Crippen LogP contribution in [0.25, 0.3) is 5.69 Å². The van der Waals surface area contributed by atoms with Crippen molar-refractivity contribution in [2.24, 2.45) is 0 Å². The van der Waals surface area contributed by atoms with E-state index in [-0.39, 0.29) is 5.69 Å².